The molecule has 0 spiro atoms. The molecular weight excluding hydrogens is 430 g/mol. The van der Waals surface area contributed by atoms with E-state index in [0.29, 0.717) is 37.6 Å². The first-order valence-corrected chi connectivity index (χ1v) is 11.6. The maximum atomic E-state index is 13.4. The maximum absolute atomic E-state index is 13.4. The van der Waals surface area contributed by atoms with Gasteiger partial charge in [0, 0.05) is 43.5 Å². The lowest BCUT2D eigenvalue weighted by molar-refractivity contribution is -0.157. The summed E-state index contributed by atoms with van der Waals surface area (Å²) in [7, 11) is 0. The molecule has 0 unspecified atom stereocenters. The predicted molar refractivity (Wildman–Crippen MR) is 123 cm³/mol. The zero-order chi connectivity index (χ0) is 23.8. The van der Waals surface area contributed by atoms with E-state index in [-0.39, 0.29) is 29.6 Å². The highest BCUT2D eigenvalue weighted by molar-refractivity contribution is 6.30. The summed E-state index contributed by atoms with van der Waals surface area (Å²) in [5, 5.41) is 15.1. The van der Waals surface area contributed by atoms with Crippen LogP contribution in [0.15, 0.2) is 24.3 Å². The van der Waals surface area contributed by atoms with Gasteiger partial charge in [0.05, 0.1) is 11.5 Å². The lowest BCUT2D eigenvalue weighted by atomic mass is 9.66. The first-order chi connectivity index (χ1) is 14.9. The van der Waals surface area contributed by atoms with Gasteiger partial charge in [-0.25, -0.2) is 0 Å². The summed E-state index contributed by atoms with van der Waals surface area (Å²) in [5.41, 5.74) is -0.906. The van der Waals surface area contributed by atoms with Gasteiger partial charge < -0.3 is 20.2 Å². The zero-order valence-corrected chi connectivity index (χ0v) is 20.3. The Morgan fingerprint density at radius 2 is 1.72 bits per heavy atom. The van der Waals surface area contributed by atoms with Gasteiger partial charge in [0.1, 0.15) is 6.04 Å². The highest BCUT2D eigenvalue weighted by Crippen LogP contribution is 2.46. The van der Waals surface area contributed by atoms with Gasteiger partial charge in [-0.05, 0) is 30.0 Å². The molecule has 8 heteroatoms. The summed E-state index contributed by atoms with van der Waals surface area (Å²) >= 11 is 6.01. The number of nitrogens with one attached hydrogen (secondary N) is 1. The summed E-state index contributed by atoms with van der Waals surface area (Å²) in [5.74, 6) is -0.739. The summed E-state index contributed by atoms with van der Waals surface area (Å²) in [6.07, 6.45) is 0.391. The predicted octanol–water partition coefficient (Wildman–Crippen LogP) is 2.41. The van der Waals surface area contributed by atoms with Crippen molar-refractivity contribution in [2.75, 3.05) is 26.2 Å². The third-order valence-electron chi connectivity index (χ3n) is 7.01. The van der Waals surface area contributed by atoms with Crippen molar-refractivity contribution in [2.45, 2.75) is 52.7 Å². The highest BCUT2D eigenvalue weighted by atomic mass is 35.5. The van der Waals surface area contributed by atoms with Crippen molar-refractivity contribution < 1.29 is 19.5 Å². The fourth-order valence-electron chi connectivity index (χ4n) is 4.65. The van der Waals surface area contributed by atoms with Gasteiger partial charge in [0.15, 0.2) is 0 Å². The Hall–Kier alpha value is -2.12. The Labute approximate surface area is 195 Å². The summed E-state index contributed by atoms with van der Waals surface area (Å²) in [6, 6.07) is 6.55. The molecule has 0 aromatic heterocycles. The van der Waals surface area contributed by atoms with Crippen LogP contribution >= 0.6 is 11.6 Å². The normalized spacial score (nSPS) is 24.1. The highest BCUT2D eigenvalue weighted by Gasteiger charge is 2.50. The smallest absolute Gasteiger partial charge is 0.245 e. The third-order valence-corrected chi connectivity index (χ3v) is 7.26. The van der Waals surface area contributed by atoms with Crippen LogP contribution in [0.5, 0.6) is 0 Å². The van der Waals surface area contributed by atoms with Crippen LogP contribution in [0.1, 0.15) is 46.6 Å². The molecule has 7 nitrogen and oxygen atoms in total. The monoisotopic (exact) mass is 463 g/mol. The number of rotatable bonds is 5. The summed E-state index contributed by atoms with van der Waals surface area (Å²) < 4.78 is 0. The fourth-order valence-corrected chi connectivity index (χ4v) is 4.78. The molecule has 1 aromatic carbocycles. The van der Waals surface area contributed by atoms with Crippen LogP contribution in [0.25, 0.3) is 0 Å². The van der Waals surface area contributed by atoms with Gasteiger partial charge in [-0.3, -0.25) is 14.4 Å². The van der Waals surface area contributed by atoms with Crippen LogP contribution < -0.4 is 5.32 Å². The second-order valence-corrected chi connectivity index (χ2v) is 10.5. The lowest BCUT2D eigenvalue weighted by Crippen LogP contribution is -2.62. The van der Waals surface area contributed by atoms with E-state index in [4.69, 9.17) is 11.6 Å². The summed E-state index contributed by atoms with van der Waals surface area (Å²) in [4.78, 5) is 40.8. The average molecular weight is 464 g/mol. The van der Waals surface area contributed by atoms with E-state index in [0.717, 1.165) is 5.56 Å². The Kier molecular flexibility index (Phi) is 6.91. The number of piperidine rings is 1. The van der Waals surface area contributed by atoms with Crippen molar-refractivity contribution in [3.8, 4) is 0 Å². The second kappa shape index (κ2) is 9.02. The average Bonchev–Trinajstić information content (AvgIpc) is 2.66. The van der Waals surface area contributed by atoms with E-state index < -0.39 is 17.1 Å². The molecule has 176 valence electrons. The van der Waals surface area contributed by atoms with Crippen LogP contribution in [0.3, 0.4) is 0 Å². The number of hydrogen-bond acceptors (Lipinski definition) is 4. The molecule has 0 saturated carbocycles. The van der Waals surface area contributed by atoms with Gasteiger partial charge in [0.25, 0.3) is 0 Å². The molecular formula is C24H34ClN3O4. The van der Waals surface area contributed by atoms with Crippen LogP contribution in [0.4, 0.5) is 0 Å². The van der Waals surface area contributed by atoms with E-state index in [9.17, 15) is 19.5 Å². The number of carbonyl (C=O) groups is 3. The molecule has 2 aliphatic heterocycles. The molecule has 2 aliphatic rings. The van der Waals surface area contributed by atoms with Gasteiger partial charge >= 0.3 is 0 Å². The standard InChI is InChI=1S/C24H34ClN3O4/c1-15(2)20(26-21(30)17-12-28(13-17)16(3)29)22(31)27-11-10-24(32,23(4,5)14-27)18-6-8-19(25)9-7-18/h6-9,15,17,20,32H,10-14H2,1-5H3,(H,26,30)/t20-,24+/m1/s1. The Morgan fingerprint density at radius 3 is 2.22 bits per heavy atom. The Bertz CT molecular complexity index is 880. The molecule has 2 fully saturated rings. The third kappa shape index (κ3) is 4.64. The number of carbonyl (C=O) groups excluding carboxylic acids is 3. The number of likely N-dealkylation sites (tertiary alicyclic amines) is 2. The molecule has 2 saturated heterocycles. The van der Waals surface area contributed by atoms with Crippen molar-refractivity contribution in [2.24, 2.45) is 17.3 Å². The number of nitrogens with zero attached hydrogens (tertiary/aromatic N) is 2. The number of hydrogen-bond donors (Lipinski definition) is 2. The number of halogens is 1. The molecule has 0 bridgehead atoms. The number of benzene rings is 1. The molecule has 3 amide bonds. The van der Waals surface area contributed by atoms with E-state index in [2.05, 4.69) is 5.32 Å². The minimum Gasteiger partial charge on any atom is -0.384 e. The molecule has 2 N–H and O–H groups in total. The van der Waals surface area contributed by atoms with Gasteiger partial charge in [-0.15, -0.1) is 0 Å². The Balaban J connectivity index is 1.69. The van der Waals surface area contributed by atoms with Crippen molar-refractivity contribution in [1.82, 2.24) is 15.1 Å². The van der Waals surface area contributed by atoms with E-state index in [1.54, 1.807) is 21.9 Å². The largest absolute Gasteiger partial charge is 0.384 e. The molecule has 0 aliphatic carbocycles. The van der Waals surface area contributed by atoms with Crippen LogP contribution in [0.2, 0.25) is 5.02 Å². The first-order valence-electron chi connectivity index (χ1n) is 11.2. The van der Waals surface area contributed by atoms with Crippen molar-refractivity contribution in [3.05, 3.63) is 34.9 Å². The molecule has 2 atom stereocenters. The van der Waals surface area contributed by atoms with Crippen LogP contribution in [-0.4, -0.2) is 64.8 Å². The lowest BCUT2D eigenvalue weighted by Gasteiger charge is -2.51. The molecule has 1 aromatic rings. The zero-order valence-electron chi connectivity index (χ0n) is 19.5. The van der Waals surface area contributed by atoms with Gasteiger partial charge in [-0.2, -0.15) is 0 Å². The van der Waals surface area contributed by atoms with Crippen LogP contribution in [0, 0.1) is 17.3 Å². The quantitative estimate of drug-likeness (QED) is 0.701. The molecule has 32 heavy (non-hydrogen) atoms. The van der Waals surface area contributed by atoms with E-state index in [1.165, 1.54) is 6.92 Å². The number of amides is 3. The molecule has 0 radical (unpaired) electrons. The molecule has 3 rings (SSSR count). The minimum atomic E-state index is -1.09. The second-order valence-electron chi connectivity index (χ2n) is 10.1. The minimum absolute atomic E-state index is 0.0470. The molecule has 2 heterocycles. The maximum Gasteiger partial charge on any atom is 0.245 e. The van der Waals surface area contributed by atoms with Gasteiger partial charge in [0.2, 0.25) is 17.7 Å². The van der Waals surface area contributed by atoms with Gasteiger partial charge in [-0.1, -0.05) is 51.4 Å². The van der Waals surface area contributed by atoms with Crippen molar-refractivity contribution >= 4 is 29.3 Å². The van der Waals surface area contributed by atoms with E-state index >= 15 is 0 Å². The SMILES string of the molecule is CC(=O)N1CC(C(=O)N[C@@H](C(=O)N2CC[C@](O)(c3ccc(Cl)cc3)C(C)(C)C2)C(C)C)C1. The fraction of sp³-hybridized carbons (Fsp3) is 0.625. The topological polar surface area (TPSA) is 90.0 Å². The summed E-state index contributed by atoms with van der Waals surface area (Å²) in [6.45, 7) is 10.8. The van der Waals surface area contributed by atoms with Crippen molar-refractivity contribution in [1.29, 1.82) is 0 Å². The van der Waals surface area contributed by atoms with Crippen LogP contribution in [-0.2, 0) is 20.0 Å². The first kappa shape index (κ1) is 24.5. The Morgan fingerprint density at radius 1 is 1.12 bits per heavy atom. The van der Waals surface area contributed by atoms with E-state index in [1.807, 2.05) is 39.8 Å². The number of aliphatic hydroxyl groups is 1. The van der Waals surface area contributed by atoms with Crippen molar-refractivity contribution in [3.63, 3.8) is 0 Å².